The van der Waals surface area contributed by atoms with E-state index in [1.807, 2.05) is 36.5 Å². The summed E-state index contributed by atoms with van der Waals surface area (Å²) in [5, 5.41) is 0.661. The summed E-state index contributed by atoms with van der Waals surface area (Å²) in [7, 11) is 0. The fraction of sp³-hybridized carbons (Fsp3) is 0.308. The van der Waals surface area contributed by atoms with Crippen molar-refractivity contribution in [2.24, 2.45) is 10.7 Å². The van der Waals surface area contributed by atoms with E-state index in [4.69, 9.17) is 10.5 Å². The molecule has 0 amide bonds. The van der Waals surface area contributed by atoms with Crippen molar-refractivity contribution in [2.45, 2.75) is 12.8 Å². The second kappa shape index (κ2) is 6.35. The molecule has 0 aliphatic carbocycles. The molecule has 0 saturated carbocycles. The van der Waals surface area contributed by atoms with Crippen LogP contribution in [0.25, 0.3) is 0 Å². The first-order valence-corrected chi connectivity index (χ1v) is 6.65. The van der Waals surface area contributed by atoms with Crippen LogP contribution in [0.1, 0.15) is 12.8 Å². The van der Waals surface area contributed by atoms with Crippen molar-refractivity contribution >= 4 is 16.9 Å². The predicted octanol–water partition coefficient (Wildman–Crippen LogP) is 2.79. The zero-order valence-electron chi connectivity index (χ0n) is 9.63. The summed E-state index contributed by atoms with van der Waals surface area (Å²) in [6.45, 7) is 0.741. The molecular formula is C13H16N2OS. The number of nitrogens with zero attached hydrogens (tertiary/aromatic N) is 1. The minimum Gasteiger partial charge on any atom is -0.494 e. The van der Waals surface area contributed by atoms with Crippen molar-refractivity contribution in [1.29, 1.82) is 0 Å². The molecule has 0 saturated heterocycles. The van der Waals surface area contributed by atoms with Gasteiger partial charge >= 0.3 is 0 Å². The first kappa shape index (κ1) is 12.0. The van der Waals surface area contributed by atoms with E-state index in [0.717, 1.165) is 31.0 Å². The molecule has 0 spiro atoms. The van der Waals surface area contributed by atoms with Gasteiger partial charge in [-0.15, -0.1) is 0 Å². The van der Waals surface area contributed by atoms with Crippen molar-refractivity contribution in [3.05, 3.63) is 42.1 Å². The molecule has 1 heterocycles. The Morgan fingerprint density at radius 1 is 1.29 bits per heavy atom. The van der Waals surface area contributed by atoms with Crippen LogP contribution in [0, 0.1) is 0 Å². The maximum Gasteiger partial charge on any atom is 0.158 e. The predicted molar refractivity (Wildman–Crippen MR) is 73.3 cm³/mol. The van der Waals surface area contributed by atoms with Crippen LogP contribution in [0.3, 0.4) is 0 Å². The van der Waals surface area contributed by atoms with Gasteiger partial charge in [0.05, 0.1) is 6.61 Å². The normalized spacial score (nSPS) is 15.1. The van der Waals surface area contributed by atoms with Crippen molar-refractivity contribution in [3.8, 4) is 5.75 Å². The third kappa shape index (κ3) is 4.15. The van der Waals surface area contributed by atoms with Gasteiger partial charge in [-0.25, -0.2) is 4.99 Å². The largest absolute Gasteiger partial charge is 0.494 e. The van der Waals surface area contributed by atoms with E-state index in [1.54, 1.807) is 11.8 Å². The van der Waals surface area contributed by atoms with E-state index in [2.05, 4.69) is 4.99 Å². The van der Waals surface area contributed by atoms with E-state index < -0.39 is 0 Å². The van der Waals surface area contributed by atoms with Gasteiger partial charge < -0.3 is 10.5 Å². The highest BCUT2D eigenvalue weighted by atomic mass is 32.2. The zero-order valence-corrected chi connectivity index (χ0v) is 10.5. The molecule has 1 aromatic rings. The molecule has 0 fully saturated rings. The fourth-order valence-electron chi connectivity index (χ4n) is 1.54. The number of para-hydroxylation sites is 1. The molecule has 2 N–H and O–H groups in total. The molecule has 3 nitrogen and oxygen atoms in total. The Bertz CT molecular complexity index is 415. The highest BCUT2D eigenvalue weighted by Gasteiger charge is 2.05. The number of hydrogen-bond donors (Lipinski definition) is 1. The van der Waals surface area contributed by atoms with Crippen molar-refractivity contribution in [2.75, 3.05) is 12.4 Å². The monoisotopic (exact) mass is 248 g/mol. The van der Waals surface area contributed by atoms with Crippen LogP contribution in [0.15, 0.2) is 47.1 Å². The van der Waals surface area contributed by atoms with E-state index in [-0.39, 0.29) is 0 Å². The number of benzene rings is 1. The third-order valence-electron chi connectivity index (χ3n) is 2.43. The molecule has 90 valence electrons. The van der Waals surface area contributed by atoms with Crippen LogP contribution in [-0.4, -0.2) is 17.5 Å². The number of amidine groups is 1. The number of nitrogens with two attached hydrogens (primary N) is 1. The highest BCUT2D eigenvalue weighted by Crippen LogP contribution is 2.18. The number of thioether (sulfide) groups is 1. The first-order chi connectivity index (χ1) is 8.34. The Morgan fingerprint density at radius 2 is 2.12 bits per heavy atom. The van der Waals surface area contributed by atoms with Gasteiger partial charge in [-0.2, -0.15) is 0 Å². The van der Waals surface area contributed by atoms with Gasteiger partial charge in [-0.3, -0.25) is 0 Å². The SMILES string of the molecule is NC1=NC=C(CCCOc2ccccc2)CS1. The zero-order chi connectivity index (χ0) is 11.9. The molecule has 0 bridgehead atoms. The highest BCUT2D eigenvalue weighted by molar-refractivity contribution is 8.14. The minimum atomic E-state index is 0.661. The van der Waals surface area contributed by atoms with Gasteiger partial charge in [0.2, 0.25) is 0 Å². The van der Waals surface area contributed by atoms with Crippen LogP contribution in [0.5, 0.6) is 5.75 Å². The van der Waals surface area contributed by atoms with Crippen LogP contribution in [0.4, 0.5) is 0 Å². The minimum absolute atomic E-state index is 0.661. The van der Waals surface area contributed by atoms with Crippen molar-refractivity contribution < 1.29 is 4.74 Å². The van der Waals surface area contributed by atoms with Crippen LogP contribution in [-0.2, 0) is 0 Å². The van der Waals surface area contributed by atoms with Crippen LogP contribution in [0.2, 0.25) is 0 Å². The molecule has 4 heteroatoms. The Hall–Kier alpha value is -1.42. The fourth-order valence-corrected chi connectivity index (χ4v) is 2.22. The summed E-state index contributed by atoms with van der Waals surface area (Å²) >= 11 is 1.60. The maximum atomic E-state index is 5.62. The average Bonchev–Trinajstić information content (AvgIpc) is 2.38. The lowest BCUT2D eigenvalue weighted by molar-refractivity contribution is 0.311. The summed E-state index contributed by atoms with van der Waals surface area (Å²) in [4.78, 5) is 4.10. The molecule has 0 aromatic heterocycles. The quantitative estimate of drug-likeness (QED) is 0.815. The molecule has 0 atom stereocenters. The number of rotatable bonds is 5. The van der Waals surface area contributed by atoms with Gasteiger partial charge in [0.15, 0.2) is 5.17 Å². The van der Waals surface area contributed by atoms with Crippen molar-refractivity contribution in [3.63, 3.8) is 0 Å². The lowest BCUT2D eigenvalue weighted by Gasteiger charge is -2.10. The van der Waals surface area contributed by atoms with E-state index in [1.165, 1.54) is 5.57 Å². The number of aliphatic imine (C=N–C) groups is 1. The maximum absolute atomic E-state index is 5.62. The van der Waals surface area contributed by atoms with Crippen LogP contribution >= 0.6 is 11.8 Å². The van der Waals surface area contributed by atoms with Gasteiger partial charge in [-0.1, -0.05) is 30.0 Å². The molecule has 17 heavy (non-hydrogen) atoms. The second-order valence-electron chi connectivity index (χ2n) is 3.81. The van der Waals surface area contributed by atoms with Crippen molar-refractivity contribution in [1.82, 2.24) is 0 Å². The Balaban J connectivity index is 1.67. The molecule has 2 rings (SSSR count). The summed E-state index contributed by atoms with van der Waals surface area (Å²) < 4.78 is 5.62. The molecule has 0 radical (unpaired) electrons. The van der Waals surface area contributed by atoms with Gasteiger partial charge in [-0.05, 0) is 30.5 Å². The number of hydrogen-bond acceptors (Lipinski definition) is 4. The average molecular weight is 248 g/mol. The number of ether oxygens (including phenoxy) is 1. The third-order valence-corrected chi connectivity index (χ3v) is 3.35. The first-order valence-electron chi connectivity index (χ1n) is 5.66. The molecule has 1 aliphatic heterocycles. The Labute approximate surface area is 106 Å². The summed E-state index contributed by atoms with van der Waals surface area (Å²) in [6, 6.07) is 9.89. The topological polar surface area (TPSA) is 47.6 Å². The standard InChI is InChI=1S/C13H16N2OS/c14-13-15-9-11(10-17-13)5-4-8-16-12-6-2-1-3-7-12/h1-3,6-7,9H,4-5,8,10H2,(H2,14,15). The molecule has 1 aromatic carbocycles. The molecule has 1 aliphatic rings. The van der Waals surface area contributed by atoms with Gasteiger partial charge in [0.25, 0.3) is 0 Å². The smallest absolute Gasteiger partial charge is 0.158 e. The van der Waals surface area contributed by atoms with Gasteiger partial charge in [0.1, 0.15) is 5.75 Å². The summed E-state index contributed by atoms with van der Waals surface area (Å²) in [5.74, 6) is 1.89. The second-order valence-corrected chi connectivity index (χ2v) is 4.80. The van der Waals surface area contributed by atoms with Crippen LogP contribution < -0.4 is 10.5 Å². The lowest BCUT2D eigenvalue weighted by Crippen LogP contribution is -2.11. The Kier molecular flexibility index (Phi) is 4.50. The van der Waals surface area contributed by atoms with E-state index in [0.29, 0.717) is 5.17 Å². The molecule has 0 unspecified atom stereocenters. The summed E-state index contributed by atoms with van der Waals surface area (Å²) in [6.07, 6.45) is 3.92. The van der Waals surface area contributed by atoms with E-state index >= 15 is 0 Å². The van der Waals surface area contributed by atoms with Gasteiger partial charge in [0, 0.05) is 12.0 Å². The molecular weight excluding hydrogens is 232 g/mol. The summed E-state index contributed by atoms with van der Waals surface area (Å²) in [5.41, 5.74) is 6.91. The lowest BCUT2D eigenvalue weighted by atomic mass is 10.2. The van der Waals surface area contributed by atoms with E-state index in [9.17, 15) is 0 Å². The Morgan fingerprint density at radius 3 is 2.82 bits per heavy atom.